The second-order valence-electron chi connectivity index (χ2n) is 7.22. The molecule has 0 bridgehead atoms. The highest BCUT2D eigenvalue weighted by molar-refractivity contribution is 5.49. The molecule has 0 spiro atoms. The first-order chi connectivity index (χ1) is 11.5. The lowest BCUT2D eigenvalue weighted by Gasteiger charge is -2.42. The molecule has 1 N–H and O–H groups in total. The van der Waals surface area contributed by atoms with Crippen LogP contribution in [0.5, 0.6) is 0 Å². The molecule has 0 heterocycles. The molecule has 0 aromatic heterocycles. The van der Waals surface area contributed by atoms with Crippen molar-refractivity contribution in [2.24, 2.45) is 0 Å². The molecule has 0 saturated carbocycles. The van der Waals surface area contributed by atoms with E-state index in [0.29, 0.717) is 0 Å². The summed E-state index contributed by atoms with van der Waals surface area (Å²) in [5, 5.41) is 3.92. The minimum atomic E-state index is -0.387. The van der Waals surface area contributed by atoms with E-state index in [-0.39, 0.29) is 11.1 Å². The third-order valence-corrected chi connectivity index (χ3v) is 4.18. The fourth-order valence-electron chi connectivity index (χ4n) is 3.34. The molecule has 24 heavy (non-hydrogen) atoms. The van der Waals surface area contributed by atoms with E-state index in [1.807, 2.05) is 0 Å². The van der Waals surface area contributed by atoms with Crippen LogP contribution in [0.4, 0.5) is 0 Å². The molecule has 0 fully saturated rings. The number of hydrogen-bond donors (Lipinski definition) is 1. The molecule has 0 aliphatic carbocycles. The van der Waals surface area contributed by atoms with Gasteiger partial charge in [0.25, 0.3) is 0 Å². The first kappa shape index (κ1) is 16.5. The Balaban J connectivity index is 2.33. The molecular weight excluding hydrogens is 290 g/mol. The monoisotopic (exact) mass is 315 g/mol. The van der Waals surface area contributed by atoms with E-state index in [9.17, 15) is 0 Å². The second-order valence-corrected chi connectivity index (χ2v) is 7.22. The lowest BCUT2D eigenvalue weighted by atomic mass is 9.75. The average Bonchev–Trinajstić information content (AvgIpc) is 2.61. The summed E-state index contributed by atoms with van der Waals surface area (Å²) in [6.07, 6.45) is 0. The Morgan fingerprint density at radius 1 is 0.500 bits per heavy atom. The number of nitrogens with one attached hydrogen (secondary N) is 1. The molecule has 0 radical (unpaired) electrons. The molecule has 0 atom stereocenters. The summed E-state index contributed by atoms with van der Waals surface area (Å²) in [4.78, 5) is 0. The van der Waals surface area contributed by atoms with Crippen molar-refractivity contribution in [1.82, 2.24) is 5.32 Å². The number of benzene rings is 3. The van der Waals surface area contributed by atoms with Crippen LogP contribution in [-0.4, -0.2) is 5.54 Å². The van der Waals surface area contributed by atoms with E-state index in [4.69, 9.17) is 0 Å². The van der Waals surface area contributed by atoms with Gasteiger partial charge in [-0.3, -0.25) is 5.32 Å². The Hall–Kier alpha value is -2.38. The fourth-order valence-corrected chi connectivity index (χ4v) is 3.34. The fraction of sp³-hybridized carbons (Fsp3) is 0.217. The van der Waals surface area contributed by atoms with Gasteiger partial charge in [0, 0.05) is 5.54 Å². The molecule has 122 valence electrons. The summed E-state index contributed by atoms with van der Waals surface area (Å²) in [6, 6.07) is 32.1. The van der Waals surface area contributed by atoms with Crippen molar-refractivity contribution >= 4 is 0 Å². The van der Waals surface area contributed by atoms with E-state index in [0.717, 1.165) is 0 Å². The maximum atomic E-state index is 3.92. The van der Waals surface area contributed by atoms with Gasteiger partial charge in [0.2, 0.25) is 0 Å². The lowest BCUT2D eigenvalue weighted by Crippen LogP contribution is -2.53. The van der Waals surface area contributed by atoms with Gasteiger partial charge in [-0.2, -0.15) is 0 Å². The molecule has 3 aromatic carbocycles. The van der Waals surface area contributed by atoms with E-state index in [2.05, 4.69) is 117 Å². The normalized spacial score (nSPS) is 12.1. The van der Waals surface area contributed by atoms with Gasteiger partial charge in [-0.15, -0.1) is 0 Å². The molecule has 1 nitrogen and oxygen atoms in total. The summed E-state index contributed by atoms with van der Waals surface area (Å²) in [6.45, 7) is 6.66. The van der Waals surface area contributed by atoms with Crippen LogP contribution in [0.2, 0.25) is 0 Å². The third-order valence-electron chi connectivity index (χ3n) is 4.18. The molecular formula is C23H25N. The minimum absolute atomic E-state index is 0.0540. The Labute approximate surface area is 145 Å². The smallest absolute Gasteiger partial charge is 0.0951 e. The molecule has 0 saturated heterocycles. The van der Waals surface area contributed by atoms with Crippen LogP contribution in [0.25, 0.3) is 0 Å². The standard InChI is InChI=1S/C23H25N/c1-22(2,3)24-23(19-13-7-4-8-14-19,20-15-9-5-10-16-20)21-17-11-6-12-18-21/h4-18,24H,1-3H3. The molecule has 3 aromatic rings. The summed E-state index contributed by atoms with van der Waals surface area (Å²) in [7, 11) is 0. The van der Waals surface area contributed by atoms with Gasteiger partial charge in [-0.05, 0) is 37.5 Å². The lowest BCUT2D eigenvalue weighted by molar-refractivity contribution is 0.326. The van der Waals surface area contributed by atoms with Crippen LogP contribution in [0.1, 0.15) is 37.5 Å². The predicted molar refractivity (Wildman–Crippen MR) is 102 cm³/mol. The predicted octanol–water partition coefficient (Wildman–Crippen LogP) is 5.37. The van der Waals surface area contributed by atoms with Crippen LogP contribution in [0.3, 0.4) is 0 Å². The second kappa shape index (κ2) is 6.62. The average molecular weight is 315 g/mol. The van der Waals surface area contributed by atoms with Crippen molar-refractivity contribution in [3.8, 4) is 0 Å². The van der Waals surface area contributed by atoms with E-state index < -0.39 is 0 Å². The quantitative estimate of drug-likeness (QED) is 0.639. The van der Waals surface area contributed by atoms with Gasteiger partial charge in [-0.25, -0.2) is 0 Å². The Morgan fingerprint density at radius 3 is 1.04 bits per heavy atom. The van der Waals surface area contributed by atoms with Gasteiger partial charge in [0.05, 0.1) is 5.54 Å². The maximum absolute atomic E-state index is 3.92. The maximum Gasteiger partial charge on any atom is 0.0951 e. The van der Waals surface area contributed by atoms with Gasteiger partial charge < -0.3 is 0 Å². The number of rotatable bonds is 4. The first-order valence-electron chi connectivity index (χ1n) is 8.48. The Kier molecular flexibility index (Phi) is 4.55. The van der Waals surface area contributed by atoms with Crippen LogP contribution in [-0.2, 0) is 5.54 Å². The zero-order valence-electron chi connectivity index (χ0n) is 14.7. The summed E-state index contributed by atoms with van der Waals surface area (Å²) in [5.74, 6) is 0. The van der Waals surface area contributed by atoms with Crippen molar-refractivity contribution < 1.29 is 0 Å². The highest BCUT2D eigenvalue weighted by Gasteiger charge is 2.38. The van der Waals surface area contributed by atoms with Crippen LogP contribution >= 0.6 is 0 Å². The van der Waals surface area contributed by atoms with Gasteiger partial charge in [-0.1, -0.05) is 91.0 Å². The SMILES string of the molecule is CC(C)(C)NC(c1ccccc1)(c1ccccc1)c1ccccc1. The molecule has 3 rings (SSSR count). The Bertz CT molecular complexity index is 659. The molecule has 0 amide bonds. The van der Waals surface area contributed by atoms with Crippen molar-refractivity contribution in [1.29, 1.82) is 0 Å². The zero-order chi connectivity index (χ0) is 17.0. The first-order valence-corrected chi connectivity index (χ1v) is 8.48. The summed E-state index contributed by atoms with van der Waals surface area (Å²) >= 11 is 0. The highest BCUT2D eigenvalue weighted by Crippen LogP contribution is 2.38. The van der Waals surface area contributed by atoms with Crippen LogP contribution in [0, 0.1) is 0 Å². The molecule has 0 unspecified atom stereocenters. The van der Waals surface area contributed by atoms with Gasteiger partial charge in [0.15, 0.2) is 0 Å². The van der Waals surface area contributed by atoms with Crippen molar-refractivity contribution in [3.63, 3.8) is 0 Å². The van der Waals surface area contributed by atoms with E-state index >= 15 is 0 Å². The van der Waals surface area contributed by atoms with Gasteiger partial charge >= 0.3 is 0 Å². The third kappa shape index (κ3) is 3.27. The minimum Gasteiger partial charge on any atom is -0.295 e. The van der Waals surface area contributed by atoms with E-state index in [1.165, 1.54) is 16.7 Å². The van der Waals surface area contributed by atoms with Crippen molar-refractivity contribution in [2.45, 2.75) is 31.8 Å². The largest absolute Gasteiger partial charge is 0.295 e. The summed E-state index contributed by atoms with van der Waals surface area (Å²) < 4.78 is 0. The number of hydrogen-bond acceptors (Lipinski definition) is 1. The molecule has 0 aliphatic rings. The van der Waals surface area contributed by atoms with Crippen LogP contribution < -0.4 is 5.32 Å². The van der Waals surface area contributed by atoms with Crippen LogP contribution in [0.15, 0.2) is 91.0 Å². The highest BCUT2D eigenvalue weighted by atomic mass is 15.0. The zero-order valence-corrected chi connectivity index (χ0v) is 14.7. The molecule has 1 heteroatoms. The van der Waals surface area contributed by atoms with Gasteiger partial charge in [0.1, 0.15) is 0 Å². The van der Waals surface area contributed by atoms with Crippen molar-refractivity contribution in [3.05, 3.63) is 108 Å². The topological polar surface area (TPSA) is 12.0 Å². The molecule has 0 aliphatic heterocycles. The Morgan fingerprint density at radius 2 is 0.792 bits per heavy atom. The van der Waals surface area contributed by atoms with Crippen molar-refractivity contribution in [2.75, 3.05) is 0 Å². The summed E-state index contributed by atoms with van der Waals surface area (Å²) in [5.41, 5.74) is 3.30. The van der Waals surface area contributed by atoms with E-state index in [1.54, 1.807) is 0 Å².